The molecule has 0 aliphatic heterocycles. The van der Waals surface area contributed by atoms with Crippen molar-refractivity contribution in [2.45, 2.75) is 0 Å². The van der Waals surface area contributed by atoms with Crippen molar-refractivity contribution in [2.24, 2.45) is 0 Å². The van der Waals surface area contributed by atoms with Gasteiger partial charge in [0.15, 0.2) is 5.82 Å². The van der Waals surface area contributed by atoms with Crippen molar-refractivity contribution >= 4 is 33.2 Å². The van der Waals surface area contributed by atoms with E-state index >= 15 is 0 Å². The molecule has 1 amide bonds. The maximum atomic E-state index is 13.7. The van der Waals surface area contributed by atoms with Gasteiger partial charge in [-0.15, -0.1) is 0 Å². The minimum Gasteiger partial charge on any atom is -0.319 e. The number of carbonyl (C=O) groups is 1. The highest BCUT2D eigenvalue weighted by atomic mass is 79.9. The number of nitrogens with zero attached hydrogens (tertiary/aromatic N) is 1. The maximum Gasteiger partial charge on any atom is 0.272 e. The van der Waals surface area contributed by atoms with Crippen molar-refractivity contribution in [3.8, 4) is 0 Å². The highest BCUT2D eigenvalue weighted by Gasteiger charge is 2.16. The number of amides is 1. The summed E-state index contributed by atoms with van der Waals surface area (Å²) in [4.78, 5) is 21.7. The largest absolute Gasteiger partial charge is 0.319 e. The summed E-state index contributed by atoms with van der Waals surface area (Å²) in [6.07, 6.45) is 0. The average Bonchev–Trinajstić information content (AvgIpc) is 2.43. The molecule has 0 fully saturated rings. The molecule has 2 aromatic rings. The summed E-state index contributed by atoms with van der Waals surface area (Å²) in [7, 11) is 0. The first-order valence-electron chi connectivity index (χ1n) is 5.59. The quantitative estimate of drug-likeness (QED) is 0.669. The summed E-state index contributed by atoms with van der Waals surface area (Å²) in [5.74, 6) is -2.33. The van der Waals surface area contributed by atoms with Gasteiger partial charge in [0, 0.05) is 6.07 Å². The number of anilines is 1. The van der Waals surface area contributed by atoms with Crippen molar-refractivity contribution in [1.29, 1.82) is 0 Å². The van der Waals surface area contributed by atoms with E-state index in [0.717, 1.165) is 18.2 Å². The van der Waals surface area contributed by atoms with Crippen LogP contribution in [0.15, 0.2) is 40.9 Å². The highest BCUT2D eigenvalue weighted by Crippen LogP contribution is 2.24. The number of nitrogens with one attached hydrogen (secondary N) is 1. The van der Waals surface area contributed by atoms with Gasteiger partial charge < -0.3 is 5.32 Å². The lowest BCUT2D eigenvalue weighted by molar-refractivity contribution is -0.385. The predicted octanol–water partition coefficient (Wildman–Crippen LogP) is 3.89. The Hall–Kier alpha value is -2.35. The number of non-ortho nitro benzene ring substituents is 1. The van der Waals surface area contributed by atoms with E-state index in [4.69, 9.17) is 0 Å². The Balaban J connectivity index is 2.28. The second-order valence-electron chi connectivity index (χ2n) is 3.98. The number of nitro groups is 1. The predicted molar refractivity (Wildman–Crippen MR) is 75.1 cm³/mol. The minimum atomic E-state index is -0.954. The fourth-order valence-electron chi connectivity index (χ4n) is 1.59. The van der Waals surface area contributed by atoms with E-state index in [0.29, 0.717) is 6.07 Å². The Morgan fingerprint density at radius 2 is 1.90 bits per heavy atom. The number of benzene rings is 2. The smallest absolute Gasteiger partial charge is 0.272 e. The van der Waals surface area contributed by atoms with Crippen molar-refractivity contribution in [3.63, 3.8) is 0 Å². The lowest BCUT2D eigenvalue weighted by Crippen LogP contribution is -2.14. The van der Waals surface area contributed by atoms with Crippen LogP contribution in [0.3, 0.4) is 0 Å². The molecule has 0 aliphatic rings. The zero-order valence-electron chi connectivity index (χ0n) is 10.3. The summed E-state index contributed by atoms with van der Waals surface area (Å²) in [6.45, 7) is 0. The molecule has 0 aromatic heterocycles. The number of hydrogen-bond acceptors (Lipinski definition) is 3. The first kappa shape index (κ1) is 15.0. The number of nitro benzene ring substituents is 1. The molecule has 0 saturated carbocycles. The molecule has 5 nitrogen and oxygen atoms in total. The lowest BCUT2D eigenvalue weighted by atomic mass is 10.2. The van der Waals surface area contributed by atoms with Crippen LogP contribution < -0.4 is 5.32 Å². The van der Waals surface area contributed by atoms with Gasteiger partial charge in [-0.1, -0.05) is 6.07 Å². The molecule has 108 valence electrons. The van der Waals surface area contributed by atoms with Crippen molar-refractivity contribution in [3.05, 3.63) is 68.2 Å². The van der Waals surface area contributed by atoms with Gasteiger partial charge in [0.1, 0.15) is 5.82 Å². The molecule has 0 bridgehead atoms. The first-order chi connectivity index (χ1) is 9.90. The molecule has 0 atom stereocenters. The Morgan fingerprint density at radius 1 is 1.19 bits per heavy atom. The topological polar surface area (TPSA) is 72.2 Å². The van der Waals surface area contributed by atoms with Crippen LogP contribution in [-0.4, -0.2) is 10.8 Å². The molecule has 21 heavy (non-hydrogen) atoms. The molecule has 2 rings (SSSR count). The monoisotopic (exact) mass is 356 g/mol. The molecule has 1 N–H and O–H groups in total. The molecule has 2 aromatic carbocycles. The Bertz CT molecular complexity index is 737. The summed E-state index contributed by atoms with van der Waals surface area (Å²) in [5, 5.41) is 12.7. The Kier molecular flexibility index (Phi) is 4.27. The average molecular weight is 357 g/mol. The molecular formula is C13H7BrF2N2O3. The van der Waals surface area contributed by atoms with E-state index in [1.165, 1.54) is 12.1 Å². The van der Waals surface area contributed by atoms with Crippen LogP contribution in [-0.2, 0) is 0 Å². The van der Waals surface area contributed by atoms with Crippen molar-refractivity contribution < 1.29 is 18.5 Å². The van der Waals surface area contributed by atoms with Crippen LogP contribution in [0.4, 0.5) is 20.2 Å². The van der Waals surface area contributed by atoms with Crippen LogP contribution in [0, 0.1) is 21.7 Å². The second kappa shape index (κ2) is 5.96. The fraction of sp³-hybridized carbons (Fsp3) is 0. The summed E-state index contributed by atoms with van der Waals surface area (Å²) in [6, 6.07) is 6.66. The molecule has 0 aliphatic carbocycles. The molecular weight excluding hydrogens is 350 g/mol. The molecule has 0 saturated heterocycles. The molecule has 0 heterocycles. The summed E-state index contributed by atoms with van der Waals surface area (Å²) in [5.41, 5.74) is -0.688. The van der Waals surface area contributed by atoms with Crippen LogP contribution in [0.1, 0.15) is 10.4 Å². The normalized spacial score (nSPS) is 10.2. The van der Waals surface area contributed by atoms with Gasteiger partial charge >= 0.3 is 0 Å². The third kappa shape index (κ3) is 3.22. The van der Waals surface area contributed by atoms with E-state index in [1.807, 2.05) is 0 Å². The fourth-order valence-corrected chi connectivity index (χ4v) is 2.03. The van der Waals surface area contributed by atoms with Crippen LogP contribution in [0.25, 0.3) is 0 Å². The van der Waals surface area contributed by atoms with Gasteiger partial charge in [-0.05, 0) is 34.1 Å². The van der Waals surface area contributed by atoms with Crippen LogP contribution in [0.2, 0.25) is 0 Å². The number of carbonyl (C=O) groups excluding carboxylic acids is 1. The summed E-state index contributed by atoms with van der Waals surface area (Å²) < 4.78 is 26.9. The number of halogens is 3. The van der Waals surface area contributed by atoms with Crippen molar-refractivity contribution in [1.82, 2.24) is 0 Å². The first-order valence-corrected chi connectivity index (χ1v) is 6.38. The second-order valence-corrected chi connectivity index (χ2v) is 4.77. The molecule has 0 spiro atoms. The van der Waals surface area contributed by atoms with E-state index < -0.39 is 28.2 Å². The third-order valence-corrected chi connectivity index (χ3v) is 3.41. The number of rotatable bonds is 3. The van der Waals surface area contributed by atoms with Gasteiger partial charge in [0.05, 0.1) is 26.7 Å². The third-order valence-electron chi connectivity index (χ3n) is 2.61. The van der Waals surface area contributed by atoms with Gasteiger partial charge in [0.2, 0.25) is 0 Å². The highest BCUT2D eigenvalue weighted by molar-refractivity contribution is 9.10. The van der Waals surface area contributed by atoms with E-state index in [-0.39, 0.29) is 15.7 Å². The zero-order valence-corrected chi connectivity index (χ0v) is 11.9. The van der Waals surface area contributed by atoms with Crippen LogP contribution in [0.5, 0.6) is 0 Å². The molecule has 0 unspecified atom stereocenters. The maximum absolute atomic E-state index is 13.7. The van der Waals surface area contributed by atoms with Gasteiger partial charge in [-0.25, -0.2) is 8.78 Å². The van der Waals surface area contributed by atoms with Gasteiger partial charge in [0.25, 0.3) is 11.6 Å². The van der Waals surface area contributed by atoms with E-state index in [9.17, 15) is 23.7 Å². The number of hydrogen-bond donors (Lipinski definition) is 1. The minimum absolute atomic E-state index is 0.0206. The Morgan fingerprint density at radius 3 is 2.52 bits per heavy atom. The van der Waals surface area contributed by atoms with Crippen LogP contribution >= 0.6 is 15.9 Å². The molecule has 0 radical (unpaired) electrons. The SMILES string of the molecule is O=C(Nc1ccc([N+](=O)[O-])cc1F)c1cccc(F)c1Br. The summed E-state index contributed by atoms with van der Waals surface area (Å²) >= 11 is 2.92. The zero-order chi connectivity index (χ0) is 15.6. The van der Waals surface area contributed by atoms with Gasteiger partial charge in [-0.3, -0.25) is 14.9 Å². The molecule has 8 heteroatoms. The van der Waals surface area contributed by atoms with E-state index in [2.05, 4.69) is 21.2 Å². The Labute approximate surface area is 125 Å². The lowest BCUT2D eigenvalue weighted by Gasteiger charge is -2.08. The van der Waals surface area contributed by atoms with Gasteiger partial charge in [-0.2, -0.15) is 0 Å². The van der Waals surface area contributed by atoms with E-state index in [1.54, 1.807) is 0 Å². The van der Waals surface area contributed by atoms with Crippen molar-refractivity contribution in [2.75, 3.05) is 5.32 Å². The standard InChI is InChI=1S/C13H7BrF2N2O3/c14-12-8(2-1-3-9(12)15)13(19)17-11-5-4-7(18(20)21)6-10(11)16/h1-6H,(H,17,19).